The van der Waals surface area contributed by atoms with Gasteiger partial charge in [-0.2, -0.15) is 4.39 Å². The van der Waals surface area contributed by atoms with Crippen molar-refractivity contribution in [3.8, 4) is 0 Å². The number of aromatic nitrogens is 1. The lowest BCUT2D eigenvalue weighted by Crippen LogP contribution is -2.03. The average Bonchev–Trinajstić information content (AvgIpc) is 2.37. The molecule has 0 spiro atoms. The van der Waals surface area contributed by atoms with Gasteiger partial charge in [-0.25, -0.2) is 4.98 Å². The van der Waals surface area contributed by atoms with E-state index in [0.717, 1.165) is 29.7 Å². The fraction of sp³-hybridized carbons (Fsp3) is 0.312. The first-order chi connectivity index (χ1) is 8.70. The molecule has 0 aliphatic heterocycles. The summed E-state index contributed by atoms with van der Waals surface area (Å²) in [6.45, 7) is 3.82. The Morgan fingerprint density at radius 2 is 1.83 bits per heavy atom. The average molecular weight is 243 g/mol. The molecular formula is C16H18FN. The highest BCUT2D eigenvalue weighted by Crippen LogP contribution is 2.17. The summed E-state index contributed by atoms with van der Waals surface area (Å²) in [5, 5.41) is 0. The molecule has 0 saturated carbocycles. The second kappa shape index (κ2) is 5.76. The van der Waals surface area contributed by atoms with Crippen LogP contribution < -0.4 is 0 Å². The van der Waals surface area contributed by atoms with E-state index < -0.39 is 0 Å². The van der Waals surface area contributed by atoms with Crippen molar-refractivity contribution in [1.29, 1.82) is 0 Å². The van der Waals surface area contributed by atoms with E-state index in [4.69, 9.17) is 0 Å². The summed E-state index contributed by atoms with van der Waals surface area (Å²) in [7, 11) is 0. The van der Waals surface area contributed by atoms with Crippen LogP contribution in [0.4, 0.5) is 4.39 Å². The van der Waals surface area contributed by atoms with Crippen LogP contribution in [-0.2, 0) is 19.3 Å². The minimum atomic E-state index is -0.305. The van der Waals surface area contributed by atoms with Gasteiger partial charge in [0.1, 0.15) is 0 Å². The number of hydrogen-bond acceptors (Lipinski definition) is 1. The molecule has 2 rings (SSSR count). The second-order valence-electron chi connectivity index (χ2n) is 4.53. The highest BCUT2D eigenvalue weighted by Gasteiger charge is 2.09. The fourth-order valence-electron chi connectivity index (χ4n) is 2.25. The largest absolute Gasteiger partial charge is 0.225 e. The summed E-state index contributed by atoms with van der Waals surface area (Å²) in [5.41, 5.74) is 3.89. The van der Waals surface area contributed by atoms with E-state index in [2.05, 4.69) is 17.1 Å². The molecule has 1 aromatic heterocycles. The van der Waals surface area contributed by atoms with Crippen molar-refractivity contribution in [3.05, 3.63) is 64.7 Å². The lowest BCUT2D eigenvalue weighted by Gasteiger charge is -2.10. The quantitative estimate of drug-likeness (QED) is 0.743. The molecule has 0 N–H and O–H groups in total. The summed E-state index contributed by atoms with van der Waals surface area (Å²) in [5.74, 6) is -0.305. The normalized spacial score (nSPS) is 10.6. The summed E-state index contributed by atoms with van der Waals surface area (Å²) in [6, 6.07) is 12.3. The van der Waals surface area contributed by atoms with Gasteiger partial charge in [-0.1, -0.05) is 37.3 Å². The van der Waals surface area contributed by atoms with Crippen molar-refractivity contribution in [3.63, 3.8) is 0 Å². The minimum Gasteiger partial charge on any atom is -0.225 e. The smallest absolute Gasteiger partial charge is 0.216 e. The Kier molecular flexibility index (Phi) is 4.08. The summed E-state index contributed by atoms with van der Waals surface area (Å²) < 4.78 is 13.7. The molecular weight excluding hydrogens is 225 g/mol. The standard InChI is InChI=1S/C16H18FN/c1-3-15-14(11-12(2)18-16(15)17)10-9-13-7-5-4-6-8-13/h4-8,11H,3,9-10H2,1-2H3. The third kappa shape index (κ3) is 2.95. The number of nitrogens with zero attached hydrogens (tertiary/aromatic N) is 1. The maximum absolute atomic E-state index is 13.7. The molecule has 0 fully saturated rings. The zero-order valence-electron chi connectivity index (χ0n) is 10.9. The van der Waals surface area contributed by atoms with E-state index in [1.54, 1.807) is 0 Å². The molecule has 0 atom stereocenters. The Labute approximate surface area is 108 Å². The topological polar surface area (TPSA) is 12.9 Å². The van der Waals surface area contributed by atoms with Crippen molar-refractivity contribution in [2.75, 3.05) is 0 Å². The zero-order valence-corrected chi connectivity index (χ0v) is 10.9. The number of rotatable bonds is 4. The van der Waals surface area contributed by atoms with Crippen LogP contribution in [-0.4, -0.2) is 4.98 Å². The lowest BCUT2D eigenvalue weighted by atomic mass is 9.99. The summed E-state index contributed by atoms with van der Waals surface area (Å²) >= 11 is 0. The highest BCUT2D eigenvalue weighted by molar-refractivity contribution is 5.29. The Hall–Kier alpha value is -1.70. The maximum Gasteiger partial charge on any atom is 0.216 e. The van der Waals surface area contributed by atoms with Crippen molar-refractivity contribution >= 4 is 0 Å². The molecule has 0 unspecified atom stereocenters. The molecule has 2 heteroatoms. The van der Waals surface area contributed by atoms with E-state index in [9.17, 15) is 4.39 Å². The number of pyridine rings is 1. The van der Waals surface area contributed by atoms with Gasteiger partial charge >= 0.3 is 0 Å². The molecule has 1 heterocycles. The van der Waals surface area contributed by atoms with Crippen molar-refractivity contribution in [2.45, 2.75) is 33.1 Å². The first-order valence-electron chi connectivity index (χ1n) is 6.39. The molecule has 2 aromatic rings. The highest BCUT2D eigenvalue weighted by atomic mass is 19.1. The van der Waals surface area contributed by atoms with Crippen LogP contribution in [0.25, 0.3) is 0 Å². The molecule has 0 saturated heterocycles. The third-order valence-electron chi connectivity index (χ3n) is 3.17. The number of aryl methyl sites for hydroxylation is 3. The SMILES string of the molecule is CCc1c(CCc2ccccc2)cc(C)nc1F. The van der Waals surface area contributed by atoms with Gasteiger partial charge < -0.3 is 0 Å². The monoisotopic (exact) mass is 243 g/mol. The van der Waals surface area contributed by atoms with Gasteiger partial charge in [-0.05, 0) is 43.4 Å². The Morgan fingerprint density at radius 1 is 1.11 bits per heavy atom. The fourth-order valence-corrected chi connectivity index (χ4v) is 2.25. The van der Waals surface area contributed by atoms with Crippen molar-refractivity contribution in [2.24, 2.45) is 0 Å². The molecule has 0 amide bonds. The van der Waals surface area contributed by atoms with E-state index in [1.807, 2.05) is 38.1 Å². The van der Waals surface area contributed by atoms with Gasteiger partial charge in [0.2, 0.25) is 5.95 Å². The Balaban J connectivity index is 2.18. The molecule has 0 aliphatic rings. The van der Waals surface area contributed by atoms with Crippen molar-refractivity contribution < 1.29 is 4.39 Å². The van der Waals surface area contributed by atoms with Crippen LogP contribution in [0.3, 0.4) is 0 Å². The van der Waals surface area contributed by atoms with Gasteiger partial charge in [-0.15, -0.1) is 0 Å². The Bertz CT molecular complexity index is 520. The molecule has 94 valence electrons. The van der Waals surface area contributed by atoms with Gasteiger partial charge in [-0.3, -0.25) is 0 Å². The van der Waals surface area contributed by atoms with Crippen LogP contribution in [0.15, 0.2) is 36.4 Å². The number of hydrogen-bond donors (Lipinski definition) is 0. The van der Waals surface area contributed by atoms with Crippen LogP contribution in [0, 0.1) is 12.9 Å². The van der Waals surface area contributed by atoms with Gasteiger partial charge in [0.25, 0.3) is 0 Å². The van der Waals surface area contributed by atoms with E-state index in [0.29, 0.717) is 6.42 Å². The van der Waals surface area contributed by atoms with Gasteiger partial charge in [0.05, 0.1) is 0 Å². The number of benzene rings is 1. The first kappa shape index (κ1) is 12.7. The molecule has 18 heavy (non-hydrogen) atoms. The van der Waals surface area contributed by atoms with Crippen LogP contribution in [0.5, 0.6) is 0 Å². The molecule has 0 aliphatic carbocycles. The summed E-state index contributed by atoms with van der Waals surface area (Å²) in [6.07, 6.45) is 2.51. The van der Waals surface area contributed by atoms with Crippen LogP contribution in [0.1, 0.15) is 29.3 Å². The summed E-state index contributed by atoms with van der Waals surface area (Å²) in [4.78, 5) is 3.89. The number of halogens is 1. The third-order valence-corrected chi connectivity index (χ3v) is 3.17. The van der Waals surface area contributed by atoms with E-state index >= 15 is 0 Å². The molecule has 0 radical (unpaired) electrons. The van der Waals surface area contributed by atoms with Crippen LogP contribution in [0.2, 0.25) is 0 Å². The molecule has 0 bridgehead atoms. The maximum atomic E-state index is 13.7. The second-order valence-corrected chi connectivity index (χ2v) is 4.53. The minimum absolute atomic E-state index is 0.305. The van der Waals surface area contributed by atoms with Crippen LogP contribution >= 0.6 is 0 Å². The predicted octanol–water partition coefficient (Wildman–Crippen LogP) is 3.88. The van der Waals surface area contributed by atoms with Gasteiger partial charge in [0.15, 0.2) is 0 Å². The lowest BCUT2D eigenvalue weighted by molar-refractivity contribution is 0.561. The zero-order chi connectivity index (χ0) is 13.0. The first-order valence-corrected chi connectivity index (χ1v) is 6.39. The van der Waals surface area contributed by atoms with E-state index in [1.165, 1.54) is 5.56 Å². The van der Waals surface area contributed by atoms with Gasteiger partial charge in [0, 0.05) is 11.3 Å². The predicted molar refractivity (Wildman–Crippen MR) is 72.2 cm³/mol. The van der Waals surface area contributed by atoms with Crippen molar-refractivity contribution in [1.82, 2.24) is 4.98 Å². The molecule has 1 aromatic carbocycles. The van der Waals surface area contributed by atoms with E-state index in [-0.39, 0.29) is 5.95 Å². The Morgan fingerprint density at radius 3 is 2.50 bits per heavy atom. The molecule has 1 nitrogen and oxygen atoms in total.